The molecule has 1 aliphatic heterocycles. The third-order valence-corrected chi connectivity index (χ3v) is 6.17. The summed E-state index contributed by atoms with van der Waals surface area (Å²) in [6.45, 7) is 8.56. The molecule has 186 valence electrons. The summed E-state index contributed by atoms with van der Waals surface area (Å²) in [6, 6.07) is 9.47. The molecule has 0 radical (unpaired) electrons. The quantitative estimate of drug-likeness (QED) is 0.505. The Balaban J connectivity index is 1.62. The van der Waals surface area contributed by atoms with Gasteiger partial charge in [-0.2, -0.15) is 0 Å². The van der Waals surface area contributed by atoms with Gasteiger partial charge in [0, 0.05) is 56.1 Å². The minimum absolute atomic E-state index is 0.0717. The largest absolute Gasteiger partial charge is 0.379 e. The van der Waals surface area contributed by atoms with Gasteiger partial charge in [0.05, 0.1) is 25.5 Å². The number of nitrogens with zero attached hydrogens (tertiary/aromatic N) is 3. The van der Waals surface area contributed by atoms with E-state index in [1.807, 2.05) is 11.5 Å². The number of morpholine rings is 1. The summed E-state index contributed by atoms with van der Waals surface area (Å²) in [5.41, 5.74) is 2.46. The third-order valence-electron chi connectivity index (χ3n) is 6.17. The second kappa shape index (κ2) is 11.4. The number of ether oxygens (including phenoxy) is 1. The van der Waals surface area contributed by atoms with Crippen molar-refractivity contribution in [3.63, 3.8) is 0 Å². The van der Waals surface area contributed by atoms with Crippen molar-refractivity contribution in [3.8, 4) is 0 Å². The lowest BCUT2D eigenvalue weighted by Gasteiger charge is -2.27. The number of aromatic nitrogens is 2. The van der Waals surface area contributed by atoms with Crippen LogP contribution >= 0.6 is 0 Å². The second-order valence-electron chi connectivity index (χ2n) is 8.85. The molecule has 35 heavy (non-hydrogen) atoms. The van der Waals surface area contributed by atoms with Gasteiger partial charge in [-0.1, -0.05) is 17.3 Å². The molecule has 9 heteroatoms. The summed E-state index contributed by atoms with van der Waals surface area (Å²) in [6.07, 6.45) is 1.11. The van der Waals surface area contributed by atoms with E-state index in [-0.39, 0.29) is 29.8 Å². The Morgan fingerprint density at radius 1 is 1.14 bits per heavy atom. The lowest BCUT2D eigenvalue weighted by molar-refractivity contribution is 0.0369. The fourth-order valence-electron chi connectivity index (χ4n) is 4.44. The summed E-state index contributed by atoms with van der Waals surface area (Å²) in [7, 11) is 0. The predicted octanol–water partition coefficient (Wildman–Crippen LogP) is 2.84. The minimum Gasteiger partial charge on any atom is -0.379 e. The van der Waals surface area contributed by atoms with E-state index >= 15 is 0 Å². The normalized spacial score (nSPS) is 14.3. The summed E-state index contributed by atoms with van der Waals surface area (Å²) in [5.74, 6) is -0.346. The Labute approximate surface area is 203 Å². The van der Waals surface area contributed by atoms with Gasteiger partial charge in [-0.3, -0.25) is 14.5 Å². The predicted molar refractivity (Wildman–Crippen MR) is 129 cm³/mol. The number of rotatable bonds is 9. The van der Waals surface area contributed by atoms with Crippen LogP contribution in [0.1, 0.15) is 45.2 Å². The van der Waals surface area contributed by atoms with Gasteiger partial charge in [0.1, 0.15) is 11.4 Å². The Bertz CT molecular complexity index is 1230. The van der Waals surface area contributed by atoms with Crippen LogP contribution < -0.4 is 10.7 Å². The highest BCUT2D eigenvalue weighted by Crippen LogP contribution is 2.17. The van der Waals surface area contributed by atoms with Crippen LogP contribution in [0.4, 0.5) is 4.39 Å². The number of benzene rings is 1. The topological polar surface area (TPSA) is 89.6 Å². The number of amides is 1. The standard InChI is InChI=1S/C26H31FN4O4/c1-18-13-22(35-29-18)17-28-26(33)25-23(16-20-5-3-6-21(27)15-20)31(19(2)14-24(25)32)8-4-7-30-9-11-34-12-10-30/h3,5-6,13-15H,4,7-12,16-17H2,1-2H3,(H,28,33). The van der Waals surface area contributed by atoms with Crippen LogP contribution in [-0.2, 0) is 24.2 Å². The first-order valence-corrected chi connectivity index (χ1v) is 11.9. The number of hydrogen-bond acceptors (Lipinski definition) is 6. The lowest BCUT2D eigenvalue weighted by Crippen LogP contribution is -2.37. The van der Waals surface area contributed by atoms with E-state index in [2.05, 4.69) is 15.4 Å². The highest BCUT2D eigenvalue weighted by atomic mass is 19.1. The van der Waals surface area contributed by atoms with Gasteiger partial charge in [-0.05, 0) is 38.0 Å². The van der Waals surface area contributed by atoms with E-state index in [1.165, 1.54) is 18.2 Å². The zero-order chi connectivity index (χ0) is 24.8. The Morgan fingerprint density at radius 2 is 1.94 bits per heavy atom. The minimum atomic E-state index is -0.489. The van der Waals surface area contributed by atoms with Crippen molar-refractivity contribution in [2.75, 3.05) is 32.8 Å². The number of carbonyl (C=O) groups excluding carboxylic acids is 1. The third kappa shape index (κ3) is 6.43. The average molecular weight is 483 g/mol. The summed E-state index contributed by atoms with van der Waals surface area (Å²) in [4.78, 5) is 28.6. The van der Waals surface area contributed by atoms with Gasteiger partial charge < -0.3 is 19.1 Å². The van der Waals surface area contributed by atoms with Gasteiger partial charge in [-0.25, -0.2) is 4.39 Å². The molecule has 0 saturated carbocycles. The van der Waals surface area contributed by atoms with E-state index in [4.69, 9.17) is 9.26 Å². The van der Waals surface area contributed by atoms with Crippen LogP contribution in [0.25, 0.3) is 0 Å². The zero-order valence-corrected chi connectivity index (χ0v) is 20.2. The van der Waals surface area contributed by atoms with Gasteiger partial charge in [0.15, 0.2) is 11.2 Å². The smallest absolute Gasteiger partial charge is 0.257 e. The molecule has 3 heterocycles. The highest BCUT2D eigenvalue weighted by Gasteiger charge is 2.21. The fraction of sp³-hybridized carbons (Fsp3) is 0.423. The molecule has 8 nitrogen and oxygen atoms in total. The molecule has 2 aromatic heterocycles. The summed E-state index contributed by atoms with van der Waals surface area (Å²) >= 11 is 0. The molecule has 1 amide bonds. The highest BCUT2D eigenvalue weighted by molar-refractivity contribution is 5.95. The van der Waals surface area contributed by atoms with Crippen LogP contribution in [0.15, 0.2) is 45.7 Å². The van der Waals surface area contributed by atoms with E-state index < -0.39 is 5.91 Å². The van der Waals surface area contributed by atoms with E-state index in [0.717, 1.165) is 45.0 Å². The van der Waals surface area contributed by atoms with E-state index in [0.29, 0.717) is 29.3 Å². The van der Waals surface area contributed by atoms with Crippen molar-refractivity contribution < 1.29 is 18.4 Å². The van der Waals surface area contributed by atoms with Crippen molar-refractivity contribution in [1.29, 1.82) is 0 Å². The van der Waals surface area contributed by atoms with Crippen molar-refractivity contribution >= 4 is 5.91 Å². The van der Waals surface area contributed by atoms with Crippen molar-refractivity contribution in [1.82, 2.24) is 19.9 Å². The molecule has 1 N–H and O–H groups in total. The van der Waals surface area contributed by atoms with E-state index in [1.54, 1.807) is 25.1 Å². The Morgan fingerprint density at radius 3 is 2.66 bits per heavy atom. The SMILES string of the molecule is Cc1cc(CNC(=O)c2c(Cc3cccc(F)c3)n(CCCN3CCOCC3)c(C)cc2=O)on1. The molecule has 1 aromatic carbocycles. The molecule has 0 unspecified atom stereocenters. The van der Waals surface area contributed by atoms with Crippen molar-refractivity contribution in [2.45, 2.75) is 39.8 Å². The molecule has 0 aliphatic carbocycles. The first kappa shape index (κ1) is 24.8. The average Bonchev–Trinajstić information content (AvgIpc) is 3.25. The maximum absolute atomic E-state index is 13.9. The van der Waals surface area contributed by atoms with E-state index in [9.17, 15) is 14.0 Å². The summed E-state index contributed by atoms with van der Waals surface area (Å²) in [5, 5.41) is 6.60. The monoisotopic (exact) mass is 482 g/mol. The molecular weight excluding hydrogens is 451 g/mol. The number of nitrogens with one attached hydrogen (secondary N) is 1. The molecule has 1 aliphatic rings. The maximum atomic E-state index is 13.9. The first-order chi connectivity index (χ1) is 16.9. The zero-order valence-electron chi connectivity index (χ0n) is 20.2. The molecule has 0 spiro atoms. The van der Waals surface area contributed by atoms with Gasteiger partial charge in [0.2, 0.25) is 0 Å². The Kier molecular flexibility index (Phi) is 8.09. The molecule has 3 aromatic rings. The molecule has 4 rings (SSSR count). The fourth-order valence-corrected chi connectivity index (χ4v) is 4.44. The van der Waals surface area contributed by atoms with Gasteiger partial charge in [-0.15, -0.1) is 0 Å². The number of aryl methyl sites for hydroxylation is 2. The van der Waals surface area contributed by atoms with Crippen LogP contribution in [0.2, 0.25) is 0 Å². The number of pyridine rings is 1. The molecule has 0 bridgehead atoms. The van der Waals surface area contributed by atoms with Crippen LogP contribution in [0, 0.1) is 19.7 Å². The molecular formula is C26H31FN4O4. The second-order valence-corrected chi connectivity index (χ2v) is 8.85. The van der Waals surface area contributed by atoms with Crippen molar-refractivity contribution in [2.24, 2.45) is 0 Å². The number of halogens is 1. The van der Waals surface area contributed by atoms with Crippen molar-refractivity contribution in [3.05, 3.63) is 86.4 Å². The lowest BCUT2D eigenvalue weighted by atomic mass is 10.0. The summed E-state index contributed by atoms with van der Waals surface area (Å²) < 4.78 is 26.5. The van der Waals surface area contributed by atoms with Crippen LogP contribution in [-0.4, -0.2) is 53.4 Å². The maximum Gasteiger partial charge on any atom is 0.257 e. The molecule has 1 fully saturated rings. The molecule has 0 atom stereocenters. The van der Waals surface area contributed by atoms with Gasteiger partial charge >= 0.3 is 0 Å². The van der Waals surface area contributed by atoms with Crippen LogP contribution in [0.5, 0.6) is 0 Å². The Hall–Kier alpha value is -3.30. The van der Waals surface area contributed by atoms with Gasteiger partial charge in [0.25, 0.3) is 5.91 Å². The number of hydrogen-bond donors (Lipinski definition) is 1. The first-order valence-electron chi connectivity index (χ1n) is 11.9. The number of carbonyl (C=O) groups is 1. The van der Waals surface area contributed by atoms with Crippen LogP contribution in [0.3, 0.4) is 0 Å². The molecule has 1 saturated heterocycles.